The van der Waals surface area contributed by atoms with Crippen molar-refractivity contribution >= 4 is 40.4 Å². The highest BCUT2D eigenvalue weighted by molar-refractivity contribution is 6.30. The van der Waals surface area contributed by atoms with Crippen molar-refractivity contribution in [2.75, 3.05) is 31.5 Å². The minimum Gasteiger partial charge on any atom is -0.444 e. The van der Waals surface area contributed by atoms with Crippen LogP contribution in [0.15, 0.2) is 71.1 Å². The number of fused-ring (bicyclic) bond motifs is 1. The minimum absolute atomic E-state index is 0.246. The predicted octanol–water partition coefficient (Wildman–Crippen LogP) is 6.45. The number of aromatic nitrogens is 1. The Kier molecular flexibility index (Phi) is 7.59. The van der Waals surface area contributed by atoms with Crippen LogP contribution in [0.2, 0.25) is 5.02 Å². The van der Waals surface area contributed by atoms with E-state index in [0.29, 0.717) is 46.4 Å². The summed E-state index contributed by atoms with van der Waals surface area (Å²) < 4.78 is 11.6. The van der Waals surface area contributed by atoms with Crippen LogP contribution < -0.4 is 5.32 Å². The molecular formula is C30H31ClN4O4. The normalized spacial score (nSPS) is 14.4. The molecule has 1 aliphatic heterocycles. The molecule has 1 saturated heterocycles. The van der Waals surface area contributed by atoms with E-state index in [1.807, 2.05) is 63.2 Å². The van der Waals surface area contributed by atoms with E-state index in [9.17, 15) is 9.59 Å². The standard InChI is InChI=1S/C30H31ClN4O4/c1-30(2,3)39-29(37)35-16-14-34(15-17-35)19-20-8-13-25-26(18-20)38-28(33-25)23-6-4-5-7-24(23)32-27(36)21-9-11-22(31)12-10-21/h4-13,18H,14-17,19H2,1-3H3,(H,32,36). The van der Waals surface area contributed by atoms with Gasteiger partial charge in [0.2, 0.25) is 5.89 Å². The van der Waals surface area contributed by atoms with Crippen LogP contribution in [-0.2, 0) is 11.3 Å². The molecule has 0 bridgehead atoms. The molecular weight excluding hydrogens is 516 g/mol. The summed E-state index contributed by atoms with van der Waals surface area (Å²) in [6, 6.07) is 20.1. The van der Waals surface area contributed by atoms with Crippen LogP contribution in [0.5, 0.6) is 0 Å². The van der Waals surface area contributed by atoms with E-state index in [1.54, 1.807) is 29.2 Å². The first kappa shape index (κ1) is 26.7. The maximum atomic E-state index is 12.8. The SMILES string of the molecule is CC(C)(C)OC(=O)N1CCN(Cc2ccc3nc(-c4ccccc4NC(=O)c4ccc(Cl)cc4)oc3c2)CC1. The molecule has 0 spiro atoms. The van der Waals surface area contributed by atoms with Gasteiger partial charge in [-0.2, -0.15) is 0 Å². The largest absolute Gasteiger partial charge is 0.444 e. The number of ether oxygens (including phenoxy) is 1. The molecule has 0 atom stereocenters. The highest BCUT2D eigenvalue weighted by Crippen LogP contribution is 2.31. The van der Waals surface area contributed by atoms with E-state index in [2.05, 4.69) is 15.2 Å². The minimum atomic E-state index is -0.498. The van der Waals surface area contributed by atoms with E-state index in [0.717, 1.165) is 30.7 Å². The number of carbonyl (C=O) groups excluding carboxylic acids is 2. The fraction of sp³-hybridized carbons (Fsp3) is 0.300. The molecule has 1 aromatic heterocycles. The summed E-state index contributed by atoms with van der Waals surface area (Å²) in [5.74, 6) is 0.185. The number of hydrogen-bond donors (Lipinski definition) is 1. The maximum absolute atomic E-state index is 12.8. The number of anilines is 1. The predicted molar refractivity (Wildman–Crippen MR) is 152 cm³/mol. The van der Waals surface area contributed by atoms with Gasteiger partial charge < -0.3 is 19.4 Å². The van der Waals surface area contributed by atoms with Gasteiger partial charge in [-0.15, -0.1) is 0 Å². The highest BCUT2D eigenvalue weighted by atomic mass is 35.5. The Balaban J connectivity index is 1.27. The summed E-state index contributed by atoms with van der Waals surface area (Å²) in [4.78, 5) is 33.9. The molecule has 2 heterocycles. The number of carbonyl (C=O) groups is 2. The van der Waals surface area contributed by atoms with Gasteiger partial charge in [-0.3, -0.25) is 9.69 Å². The topological polar surface area (TPSA) is 87.9 Å². The third-order valence-electron chi connectivity index (χ3n) is 6.40. The molecule has 0 radical (unpaired) electrons. The van der Waals surface area contributed by atoms with Crippen LogP contribution in [0.25, 0.3) is 22.6 Å². The number of oxazole rings is 1. The van der Waals surface area contributed by atoms with E-state index in [-0.39, 0.29) is 12.0 Å². The molecule has 8 nitrogen and oxygen atoms in total. The lowest BCUT2D eigenvalue weighted by atomic mass is 10.1. The van der Waals surface area contributed by atoms with E-state index < -0.39 is 5.60 Å². The van der Waals surface area contributed by atoms with E-state index >= 15 is 0 Å². The zero-order chi connectivity index (χ0) is 27.6. The first-order valence-electron chi connectivity index (χ1n) is 12.9. The zero-order valence-corrected chi connectivity index (χ0v) is 23.0. The Morgan fingerprint density at radius 1 is 1.00 bits per heavy atom. The van der Waals surface area contributed by atoms with Crippen LogP contribution in [0, 0.1) is 0 Å². The second kappa shape index (κ2) is 11.1. The van der Waals surface area contributed by atoms with Crippen molar-refractivity contribution < 1.29 is 18.7 Å². The monoisotopic (exact) mass is 546 g/mol. The number of benzene rings is 3. The average Bonchev–Trinajstić information content (AvgIpc) is 3.32. The van der Waals surface area contributed by atoms with E-state index in [1.165, 1.54) is 0 Å². The van der Waals surface area contributed by atoms with Crippen molar-refractivity contribution in [3.63, 3.8) is 0 Å². The molecule has 9 heteroatoms. The van der Waals surface area contributed by atoms with Gasteiger partial charge >= 0.3 is 6.09 Å². The Morgan fingerprint density at radius 2 is 1.72 bits per heavy atom. The summed E-state index contributed by atoms with van der Waals surface area (Å²) in [5, 5.41) is 3.52. The zero-order valence-electron chi connectivity index (χ0n) is 22.2. The average molecular weight is 547 g/mol. The van der Waals surface area contributed by atoms with Crippen LogP contribution in [0.1, 0.15) is 36.7 Å². The van der Waals surface area contributed by atoms with Gasteiger partial charge in [-0.25, -0.2) is 9.78 Å². The fourth-order valence-corrected chi connectivity index (χ4v) is 4.56. The van der Waals surface area contributed by atoms with E-state index in [4.69, 9.17) is 20.8 Å². The van der Waals surface area contributed by atoms with Gasteiger partial charge in [0, 0.05) is 43.3 Å². The smallest absolute Gasteiger partial charge is 0.410 e. The van der Waals surface area contributed by atoms with Crippen LogP contribution in [0.3, 0.4) is 0 Å². The first-order valence-corrected chi connectivity index (χ1v) is 13.3. The van der Waals surface area contributed by atoms with Crippen LogP contribution in [0.4, 0.5) is 10.5 Å². The number of rotatable bonds is 5. The molecule has 4 aromatic rings. The van der Waals surface area contributed by atoms with Crippen molar-refractivity contribution in [2.45, 2.75) is 32.9 Å². The molecule has 0 saturated carbocycles. The number of hydrogen-bond acceptors (Lipinski definition) is 6. The fourth-order valence-electron chi connectivity index (χ4n) is 4.43. The van der Waals surface area contributed by atoms with Crippen LogP contribution >= 0.6 is 11.6 Å². The third-order valence-corrected chi connectivity index (χ3v) is 6.65. The lowest BCUT2D eigenvalue weighted by Crippen LogP contribution is -2.49. The summed E-state index contributed by atoms with van der Waals surface area (Å²) in [5.41, 5.74) is 3.81. The van der Waals surface area contributed by atoms with Crippen molar-refractivity contribution in [3.05, 3.63) is 82.9 Å². The molecule has 1 fully saturated rings. The number of nitrogens with one attached hydrogen (secondary N) is 1. The molecule has 1 aliphatic rings. The molecule has 3 aromatic carbocycles. The third kappa shape index (κ3) is 6.58. The van der Waals surface area contributed by atoms with Gasteiger partial charge in [-0.1, -0.05) is 29.8 Å². The Hall–Kier alpha value is -3.88. The summed E-state index contributed by atoms with van der Waals surface area (Å²) in [7, 11) is 0. The van der Waals surface area contributed by atoms with Gasteiger partial charge in [0.05, 0.1) is 11.3 Å². The number of amides is 2. The van der Waals surface area contributed by atoms with Crippen molar-refractivity contribution in [1.82, 2.24) is 14.8 Å². The summed E-state index contributed by atoms with van der Waals surface area (Å²) >= 11 is 5.95. The first-order chi connectivity index (χ1) is 18.6. The lowest BCUT2D eigenvalue weighted by molar-refractivity contribution is 0.0139. The molecule has 5 rings (SSSR count). The highest BCUT2D eigenvalue weighted by Gasteiger charge is 2.26. The molecule has 2 amide bonds. The second-order valence-corrected chi connectivity index (χ2v) is 11.0. The van der Waals surface area contributed by atoms with Crippen molar-refractivity contribution in [3.8, 4) is 11.5 Å². The van der Waals surface area contributed by atoms with Gasteiger partial charge in [0.25, 0.3) is 5.91 Å². The summed E-state index contributed by atoms with van der Waals surface area (Å²) in [6.45, 7) is 9.15. The molecule has 0 aliphatic carbocycles. The van der Waals surface area contributed by atoms with Gasteiger partial charge in [0.15, 0.2) is 5.58 Å². The Bertz CT molecular complexity index is 1490. The number of halogens is 1. The van der Waals surface area contributed by atoms with Crippen molar-refractivity contribution in [2.24, 2.45) is 0 Å². The molecule has 202 valence electrons. The number of para-hydroxylation sites is 1. The Labute approximate surface area is 232 Å². The van der Waals surface area contributed by atoms with Gasteiger partial charge in [-0.05, 0) is 74.9 Å². The van der Waals surface area contributed by atoms with Gasteiger partial charge in [0.1, 0.15) is 11.1 Å². The molecule has 1 N–H and O–H groups in total. The number of nitrogens with zero attached hydrogens (tertiary/aromatic N) is 3. The summed E-state index contributed by atoms with van der Waals surface area (Å²) in [6.07, 6.45) is -0.262. The maximum Gasteiger partial charge on any atom is 0.410 e. The van der Waals surface area contributed by atoms with Crippen LogP contribution in [-0.4, -0.2) is 58.6 Å². The van der Waals surface area contributed by atoms with Crippen molar-refractivity contribution in [1.29, 1.82) is 0 Å². The molecule has 39 heavy (non-hydrogen) atoms. The Morgan fingerprint density at radius 3 is 2.44 bits per heavy atom. The lowest BCUT2D eigenvalue weighted by Gasteiger charge is -2.35. The number of piperazine rings is 1. The molecule has 0 unspecified atom stereocenters. The quantitative estimate of drug-likeness (QED) is 0.309. The second-order valence-electron chi connectivity index (χ2n) is 10.6.